The van der Waals surface area contributed by atoms with E-state index in [1.54, 1.807) is 6.07 Å². The number of halogens is 2. The summed E-state index contributed by atoms with van der Waals surface area (Å²) in [4.78, 5) is 0. The summed E-state index contributed by atoms with van der Waals surface area (Å²) in [6, 6.07) is 20.2. The highest BCUT2D eigenvalue weighted by atomic mass is 127. The molecule has 0 N–H and O–H groups in total. The first-order valence-corrected chi connectivity index (χ1v) is 10.3. The van der Waals surface area contributed by atoms with Gasteiger partial charge in [-0.15, -0.1) is 11.3 Å². The summed E-state index contributed by atoms with van der Waals surface area (Å²) in [5.74, 6) is -0.149. The second-order valence-corrected chi connectivity index (χ2v) is 9.44. The van der Waals surface area contributed by atoms with Crippen LogP contribution in [0, 0.1) is 5.82 Å². The maximum atomic E-state index is 14.2. The van der Waals surface area contributed by atoms with Crippen molar-refractivity contribution < 1.29 is 4.39 Å². The van der Waals surface area contributed by atoms with E-state index in [0.29, 0.717) is 0 Å². The summed E-state index contributed by atoms with van der Waals surface area (Å²) in [6.45, 7) is 6.66. The van der Waals surface area contributed by atoms with Gasteiger partial charge in [0.25, 0.3) is 0 Å². The van der Waals surface area contributed by atoms with E-state index in [9.17, 15) is 4.39 Å². The fraction of sp³-hybridized carbons (Fsp3) is 0.182. The van der Waals surface area contributed by atoms with Gasteiger partial charge >= 0.3 is 0 Å². The van der Waals surface area contributed by atoms with Crippen LogP contribution in [-0.2, 0) is 5.41 Å². The summed E-state index contributed by atoms with van der Waals surface area (Å²) >= 11 is 3.86. The van der Waals surface area contributed by atoms with E-state index < -0.39 is 0 Å². The third kappa shape index (κ3) is 2.99. The minimum absolute atomic E-state index is 0.137. The first kappa shape index (κ1) is 17.7. The molecule has 0 unspecified atom stereocenters. The predicted octanol–water partition coefficient (Wildman–Crippen LogP) is 7.98. The van der Waals surface area contributed by atoms with E-state index >= 15 is 0 Å². The van der Waals surface area contributed by atoms with Gasteiger partial charge in [0, 0.05) is 10.8 Å². The zero-order valence-electron chi connectivity index (χ0n) is 14.9. The zero-order valence-corrected chi connectivity index (χ0v) is 17.9. The lowest BCUT2D eigenvalue weighted by Crippen LogP contribution is -2.11. The van der Waals surface area contributed by atoms with Gasteiger partial charge in [-0.1, -0.05) is 57.2 Å². The predicted molar refractivity (Wildman–Crippen MR) is 121 cm³/mol. The molecule has 0 aliphatic carbocycles. The minimum atomic E-state index is -0.149. The average molecular weight is 475 g/mol. The molecule has 0 fully saturated rings. The van der Waals surface area contributed by atoms with Crippen molar-refractivity contribution in [1.82, 2.24) is 0 Å². The molecule has 0 amide bonds. The molecule has 0 atom stereocenters. The standard InChI is InChI=1S/C22H19FINS/c1-22(2,3)14-10-12-15(13-11-14)25(24)19-9-5-7-17-16-6-4-8-18(23)20(16)26-21(17)19/h4-13H,1-3H3. The summed E-state index contributed by atoms with van der Waals surface area (Å²) in [5, 5.41) is 2.09. The smallest absolute Gasteiger partial charge is 0.141 e. The second-order valence-electron chi connectivity index (χ2n) is 7.45. The van der Waals surface area contributed by atoms with Crippen molar-refractivity contribution in [2.45, 2.75) is 26.2 Å². The van der Waals surface area contributed by atoms with Crippen LogP contribution in [0.15, 0.2) is 60.7 Å². The number of anilines is 2. The summed E-state index contributed by atoms with van der Waals surface area (Å²) < 4.78 is 18.2. The Kier molecular flexibility index (Phi) is 4.43. The maximum absolute atomic E-state index is 14.2. The maximum Gasteiger partial charge on any atom is 0.141 e. The Morgan fingerprint density at radius 1 is 0.846 bits per heavy atom. The molecule has 0 saturated heterocycles. The van der Waals surface area contributed by atoms with Crippen LogP contribution in [0.5, 0.6) is 0 Å². The summed E-state index contributed by atoms with van der Waals surface area (Å²) in [7, 11) is 0. The van der Waals surface area contributed by atoms with E-state index in [2.05, 4.69) is 83.1 Å². The van der Waals surface area contributed by atoms with Gasteiger partial charge in [-0.05, 0) is 35.2 Å². The normalized spacial score (nSPS) is 12.0. The molecule has 0 aliphatic heterocycles. The van der Waals surface area contributed by atoms with Crippen LogP contribution in [0.1, 0.15) is 26.3 Å². The van der Waals surface area contributed by atoms with Crippen molar-refractivity contribution in [3.05, 3.63) is 72.0 Å². The number of benzene rings is 3. The molecule has 4 heteroatoms. The topological polar surface area (TPSA) is 3.24 Å². The van der Waals surface area contributed by atoms with Gasteiger partial charge in [0.1, 0.15) is 5.82 Å². The van der Waals surface area contributed by atoms with Crippen LogP contribution in [0.2, 0.25) is 0 Å². The van der Waals surface area contributed by atoms with Crippen LogP contribution in [0.3, 0.4) is 0 Å². The highest BCUT2D eigenvalue weighted by Crippen LogP contribution is 2.43. The Labute approximate surface area is 170 Å². The summed E-state index contributed by atoms with van der Waals surface area (Å²) in [5.41, 5.74) is 3.65. The lowest BCUT2D eigenvalue weighted by atomic mass is 9.87. The number of hydrogen-bond acceptors (Lipinski definition) is 2. The van der Waals surface area contributed by atoms with E-state index in [1.165, 1.54) is 23.0 Å². The highest BCUT2D eigenvalue weighted by molar-refractivity contribution is 14.1. The van der Waals surface area contributed by atoms with Gasteiger partial charge in [-0.3, -0.25) is 3.11 Å². The molecule has 1 aromatic heterocycles. The Morgan fingerprint density at radius 3 is 2.12 bits per heavy atom. The molecule has 3 aromatic carbocycles. The van der Waals surface area contributed by atoms with Crippen molar-refractivity contribution in [2.75, 3.05) is 3.11 Å². The monoisotopic (exact) mass is 475 g/mol. The van der Waals surface area contributed by atoms with Crippen LogP contribution in [0.25, 0.3) is 20.2 Å². The molecular formula is C22H19FINS. The molecule has 1 heterocycles. The zero-order chi connectivity index (χ0) is 18.5. The first-order valence-electron chi connectivity index (χ1n) is 8.52. The van der Waals surface area contributed by atoms with Gasteiger partial charge in [0.05, 0.1) is 43.6 Å². The van der Waals surface area contributed by atoms with Crippen LogP contribution in [0.4, 0.5) is 15.8 Å². The fourth-order valence-electron chi connectivity index (χ4n) is 3.16. The van der Waals surface area contributed by atoms with E-state index in [0.717, 1.165) is 31.5 Å². The number of hydrogen-bond donors (Lipinski definition) is 0. The van der Waals surface area contributed by atoms with Gasteiger partial charge in [0.15, 0.2) is 0 Å². The number of nitrogens with zero attached hydrogens (tertiary/aromatic N) is 1. The number of rotatable bonds is 2. The summed E-state index contributed by atoms with van der Waals surface area (Å²) in [6.07, 6.45) is 0. The number of thiophene rings is 1. The highest BCUT2D eigenvalue weighted by Gasteiger charge is 2.17. The molecule has 4 aromatic rings. The molecular weight excluding hydrogens is 456 g/mol. The van der Waals surface area contributed by atoms with E-state index in [4.69, 9.17) is 0 Å². The largest absolute Gasteiger partial charge is 0.282 e. The quantitative estimate of drug-likeness (QED) is 0.210. The molecule has 0 spiro atoms. The van der Waals surface area contributed by atoms with Crippen LogP contribution < -0.4 is 3.11 Å². The van der Waals surface area contributed by atoms with Gasteiger partial charge < -0.3 is 0 Å². The van der Waals surface area contributed by atoms with Crippen LogP contribution >= 0.6 is 34.2 Å². The SMILES string of the molecule is CC(C)(C)c1ccc(N(I)c2cccc3c2sc2c(F)cccc23)cc1. The third-order valence-corrected chi connectivity index (χ3v) is 6.96. The number of fused-ring (bicyclic) bond motifs is 3. The molecule has 132 valence electrons. The van der Waals surface area contributed by atoms with Crippen molar-refractivity contribution in [3.8, 4) is 0 Å². The first-order chi connectivity index (χ1) is 12.4. The van der Waals surface area contributed by atoms with E-state index in [-0.39, 0.29) is 11.2 Å². The molecule has 26 heavy (non-hydrogen) atoms. The van der Waals surface area contributed by atoms with Crippen LogP contribution in [-0.4, -0.2) is 0 Å². The minimum Gasteiger partial charge on any atom is -0.282 e. The second kappa shape index (κ2) is 6.50. The molecule has 0 bridgehead atoms. The lowest BCUT2D eigenvalue weighted by molar-refractivity contribution is 0.590. The lowest BCUT2D eigenvalue weighted by Gasteiger charge is -2.22. The van der Waals surface area contributed by atoms with Crippen molar-refractivity contribution in [2.24, 2.45) is 0 Å². The molecule has 0 saturated carbocycles. The molecule has 0 aliphatic rings. The van der Waals surface area contributed by atoms with Crippen molar-refractivity contribution in [3.63, 3.8) is 0 Å². The molecule has 1 nitrogen and oxygen atoms in total. The molecule has 0 radical (unpaired) electrons. The molecule has 4 rings (SSSR count). The van der Waals surface area contributed by atoms with E-state index in [1.807, 2.05) is 12.1 Å². The Morgan fingerprint density at radius 2 is 1.46 bits per heavy atom. The van der Waals surface area contributed by atoms with Gasteiger partial charge in [0.2, 0.25) is 0 Å². The Bertz CT molecular complexity index is 1090. The van der Waals surface area contributed by atoms with Crippen molar-refractivity contribution >= 4 is 65.7 Å². The third-order valence-electron chi connectivity index (χ3n) is 4.63. The van der Waals surface area contributed by atoms with Gasteiger partial charge in [-0.2, -0.15) is 0 Å². The van der Waals surface area contributed by atoms with Gasteiger partial charge in [-0.25, -0.2) is 4.39 Å². The van der Waals surface area contributed by atoms with Crippen molar-refractivity contribution in [1.29, 1.82) is 0 Å². The Hall–Kier alpha value is -1.66. The Balaban J connectivity index is 1.83. The average Bonchev–Trinajstić information content (AvgIpc) is 3.01. The fourth-order valence-corrected chi connectivity index (χ4v) is 5.25.